The first kappa shape index (κ1) is 10.4. The van der Waals surface area contributed by atoms with Crippen molar-refractivity contribution < 1.29 is 0 Å². The molecule has 3 rings (SSSR count). The SMILES string of the molecule is CNc1ccc(C2CC2)c(-c2ccn(C)n2)c1. The summed E-state index contributed by atoms with van der Waals surface area (Å²) in [5.41, 5.74) is 4.95. The maximum Gasteiger partial charge on any atom is 0.0926 e. The zero-order valence-electron chi connectivity index (χ0n) is 10.3. The van der Waals surface area contributed by atoms with Crippen molar-refractivity contribution in [2.24, 2.45) is 7.05 Å². The maximum atomic E-state index is 4.52. The van der Waals surface area contributed by atoms with Crippen LogP contribution >= 0.6 is 0 Å². The van der Waals surface area contributed by atoms with Crippen LogP contribution in [0.3, 0.4) is 0 Å². The summed E-state index contributed by atoms with van der Waals surface area (Å²) in [4.78, 5) is 0. The first-order valence-corrected chi connectivity index (χ1v) is 6.09. The molecular weight excluding hydrogens is 210 g/mol. The molecule has 1 fully saturated rings. The van der Waals surface area contributed by atoms with Gasteiger partial charge < -0.3 is 5.32 Å². The second kappa shape index (κ2) is 3.91. The Bertz CT molecular complexity index is 538. The minimum Gasteiger partial charge on any atom is -0.388 e. The molecule has 0 aliphatic heterocycles. The van der Waals surface area contributed by atoms with Gasteiger partial charge in [-0.05, 0) is 42.5 Å². The Balaban J connectivity index is 2.11. The quantitative estimate of drug-likeness (QED) is 0.873. The molecule has 0 atom stereocenters. The van der Waals surface area contributed by atoms with Crippen LogP contribution in [0.4, 0.5) is 5.69 Å². The molecule has 0 spiro atoms. The Morgan fingerprint density at radius 1 is 1.29 bits per heavy atom. The molecular formula is C14H17N3. The van der Waals surface area contributed by atoms with Gasteiger partial charge in [0.05, 0.1) is 5.69 Å². The van der Waals surface area contributed by atoms with Gasteiger partial charge >= 0.3 is 0 Å². The van der Waals surface area contributed by atoms with Gasteiger partial charge in [0.2, 0.25) is 0 Å². The Morgan fingerprint density at radius 3 is 2.71 bits per heavy atom. The van der Waals surface area contributed by atoms with E-state index >= 15 is 0 Å². The van der Waals surface area contributed by atoms with E-state index in [2.05, 4.69) is 34.7 Å². The van der Waals surface area contributed by atoms with Crippen LogP contribution < -0.4 is 5.32 Å². The van der Waals surface area contributed by atoms with Crippen molar-refractivity contribution in [1.82, 2.24) is 9.78 Å². The summed E-state index contributed by atoms with van der Waals surface area (Å²) in [6.45, 7) is 0. The lowest BCUT2D eigenvalue weighted by atomic mass is 10.00. The van der Waals surface area contributed by atoms with Gasteiger partial charge in [-0.15, -0.1) is 0 Å². The van der Waals surface area contributed by atoms with Crippen LogP contribution in [-0.2, 0) is 7.05 Å². The van der Waals surface area contributed by atoms with E-state index in [-0.39, 0.29) is 0 Å². The van der Waals surface area contributed by atoms with Crippen LogP contribution in [-0.4, -0.2) is 16.8 Å². The average Bonchev–Trinajstić information content (AvgIpc) is 3.11. The normalized spacial score (nSPS) is 14.9. The van der Waals surface area contributed by atoms with Gasteiger partial charge in [0.15, 0.2) is 0 Å². The maximum absolute atomic E-state index is 4.52. The molecule has 0 unspecified atom stereocenters. The molecule has 3 heteroatoms. The fourth-order valence-corrected chi connectivity index (χ4v) is 2.24. The van der Waals surface area contributed by atoms with Crippen molar-refractivity contribution in [1.29, 1.82) is 0 Å². The van der Waals surface area contributed by atoms with Gasteiger partial charge in [-0.2, -0.15) is 5.10 Å². The van der Waals surface area contributed by atoms with Crippen molar-refractivity contribution >= 4 is 5.69 Å². The third-order valence-electron chi connectivity index (χ3n) is 3.35. The summed E-state index contributed by atoms with van der Waals surface area (Å²) in [7, 11) is 3.91. The van der Waals surface area contributed by atoms with Gasteiger partial charge in [0.1, 0.15) is 0 Å². The third kappa shape index (κ3) is 1.93. The zero-order chi connectivity index (χ0) is 11.8. The van der Waals surface area contributed by atoms with Crippen molar-refractivity contribution in [2.75, 3.05) is 12.4 Å². The van der Waals surface area contributed by atoms with Gasteiger partial charge in [-0.3, -0.25) is 4.68 Å². The van der Waals surface area contributed by atoms with Gasteiger partial charge in [-0.1, -0.05) is 6.07 Å². The van der Waals surface area contributed by atoms with Crippen molar-refractivity contribution in [2.45, 2.75) is 18.8 Å². The molecule has 1 aliphatic rings. The number of anilines is 1. The molecule has 3 nitrogen and oxygen atoms in total. The average molecular weight is 227 g/mol. The van der Waals surface area contributed by atoms with Crippen LogP contribution in [0.25, 0.3) is 11.3 Å². The van der Waals surface area contributed by atoms with Crippen molar-refractivity contribution in [3.8, 4) is 11.3 Å². The predicted octanol–water partition coefficient (Wildman–Crippen LogP) is 3.01. The molecule has 1 aromatic heterocycles. The van der Waals surface area contributed by atoms with Crippen LogP contribution in [0, 0.1) is 0 Å². The molecule has 0 bridgehead atoms. The molecule has 88 valence electrons. The smallest absolute Gasteiger partial charge is 0.0926 e. The molecule has 17 heavy (non-hydrogen) atoms. The molecule has 0 radical (unpaired) electrons. The minimum absolute atomic E-state index is 0.748. The van der Waals surface area contributed by atoms with E-state index in [4.69, 9.17) is 0 Å². The highest BCUT2D eigenvalue weighted by Gasteiger charge is 2.26. The lowest BCUT2D eigenvalue weighted by Gasteiger charge is -2.09. The standard InChI is InChI=1S/C14H17N3/c1-15-11-5-6-12(10-3-4-10)13(9-11)14-7-8-17(2)16-14/h5-10,15H,3-4H2,1-2H3. The molecule has 1 aromatic carbocycles. The van der Waals surface area contributed by atoms with Crippen LogP contribution in [0.15, 0.2) is 30.5 Å². The van der Waals surface area contributed by atoms with Gasteiger partial charge in [-0.25, -0.2) is 0 Å². The predicted molar refractivity (Wildman–Crippen MR) is 70.2 cm³/mol. The van der Waals surface area contributed by atoms with Crippen LogP contribution in [0.5, 0.6) is 0 Å². The Hall–Kier alpha value is -1.77. The molecule has 1 aliphatic carbocycles. The number of hydrogen-bond acceptors (Lipinski definition) is 2. The monoisotopic (exact) mass is 227 g/mol. The van der Waals surface area contributed by atoms with E-state index in [0.29, 0.717) is 0 Å². The second-order valence-electron chi connectivity index (χ2n) is 4.70. The van der Waals surface area contributed by atoms with Crippen molar-refractivity contribution in [3.63, 3.8) is 0 Å². The van der Waals surface area contributed by atoms with Crippen molar-refractivity contribution in [3.05, 3.63) is 36.0 Å². The Morgan fingerprint density at radius 2 is 2.12 bits per heavy atom. The molecule has 1 saturated carbocycles. The first-order valence-electron chi connectivity index (χ1n) is 6.09. The zero-order valence-corrected chi connectivity index (χ0v) is 10.3. The van der Waals surface area contributed by atoms with Crippen LogP contribution in [0.1, 0.15) is 24.3 Å². The van der Waals surface area contributed by atoms with E-state index < -0.39 is 0 Å². The molecule has 2 aromatic rings. The number of rotatable bonds is 3. The molecule has 0 amide bonds. The Labute approximate surface area is 101 Å². The summed E-state index contributed by atoms with van der Waals surface area (Å²) in [5.74, 6) is 0.748. The first-order chi connectivity index (χ1) is 8.28. The number of aryl methyl sites for hydroxylation is 1. The number of benzene rings is 1. The van der Waals surface area contributed by atoms with E-state index in [1.54, 1.807) is 0 Å². The number of aromatic nitrogens is 2. The van der Waals surface area contributed by atoms with E-state index in [1.807, 2.05) is 25.0 Å². The number of nitrogens with one attached hydrogen (secondary N) is 1. The highest BCUT2D eigenvalue weighted by molar-refractivity contribution is 5.70. The Kier molecular flexibility index (Phi) is 2.39. The summed E-state index contributed by atoms with van der Waals surface area (Å²) in [5, 5.41) is 7.71. The number of nitrogens with zero attached hydrogens (tertiary/aromatic N) is 2. The van der Waals surface area contributed by atoms with E-state index in [1.165, 1.54) is 24.0 Å². The molecule has 0 saturated heterocycles. The van der Waals surface area contributed by atoms with E-state index in [9.17, 15) is 0 Å². The summed E-state index contributed by atoms with van der Waals surface area (Å²) in [6, 6.07) is 8.68. The topological polar surface area (TPSA) is 29.9 Å². The second-order valence-corrected chi connectivity index (χ2v) is 4.70. The molecule has 1 N–H and O–H groups in total. The summed E-state index contributed by atoms with van der Waals surface area (Å²) < 4.78 is 1.86. The largest absolute Gasteiger partial charge is 0.388 e. The number of hydrogen-bond donors (Lipinski definition) is 1. The fourth-order valence-electron chi connectivity index (χ4n) is 2.24. The lowest BCUT2D eigenvalue weighted by Crippen LogP contribution is -1.94. The third-order valence-corrected chi connectivity index (χ3v) is 3.35. The van der Waals surface area contributed by atoms with E-state index in [0.717, 1.165) is 17.3 Å². The highest BCUT2D eigenvalue weighted by Crippen LogP contribution is 2.44. The fraction of sp³-hybridized carbons (Fsp3) is 0.357. The lowest BCUT2D eigenvalue weighted by molar-refractivity contribution is 0.770. The van der Waals surface area contributed by atoms with Gasteiger partial charge in [0.25, 0.3) is 0 Å². The summed E-state index contributed by atoms with van der Waals surface area (Å²) in [6.07, 6.45) is 4.63. The van der Waals surface area contributed by atoms with Crippen LogP contribution in [0.2, 0.25) is 0 Å². The highest BCUT2D eigenvalue weighted by atomic mass is 15.2. The minimum atomic E-state index is 0.748. The molecule has 1 heterocycles. The van der Waals surface area contributed by atoms with Gasteiger partial charge in [0, 0.05) is 31.5 Å². The summed E-state index contributed by atoms with van der Waals surface area (Å²) >= 11 is 0.